The van der Waals surface area contributed by atoms with Gasteiger partial charge < -0.3 is 29.6 Å². The number of methoxy groups -OCH3 is 2. The predicted octanol–water partition coefficient (Wildman–Crippen LogP) is 3.95. The second kappa shape index (κ2) is 13.3. The summed E-state index contributed by atoms with van der Waals surface area (Å²) in [4.78, 5) is 37.0. The third-order valence-electron chi connectivity index (χ3n) is 5.28. The molecule has 3 rings (SSSR count). The van der Waals surface area contributed by atoms with Gasteiger partial charge in [0.2, 0.25) is 0 Å². The number of allylic oxidation sites excluding steroid dienone is 1. The minimum atomic E-state index is -0.765. The fourth-order valence-electron chi connectivity index (χ4n) is 3.65. The summed E-state index contributed by atoms with van der Waals surface area (Å²) in [5.74, 6) is 0.0946. The van der Waals surface area contributed by atoms with Crippen molar-refractivity contribution in [3.63, 3.8) is 0 Å². The standard InChI is InChI=1S/C25H26Br2N4O7/c1-5-37-24(33)21-13(2)29-25(34)30-22(21)14-6-7-18(19(9-14)35-3)38-12-20(32)31-28-11-15-8-16(26)10-17(27)23(15)36-4/h6-11,22H,5,12H2,1-4H3,(H,31,32)(H2,29,30,34)/b28-11-/t22-/m0/s1. The molecule has 0 spiro atoms. The Morgan fingerprint density at radius 2 is 1.89 bits per heavy atom. The van der Waals surface area contributed by atoms with E-state index in [2.05, 4.69) is 53.0 Å². The van der Waals surface area contributed by atoms with Gasteiger partial charge in [0.05, 0.1) is 43.1 Å². The Kier molecular flexibility index (Phi) is 10.1. The monoisotopic (exact) mass is 652 g/mol. The van der Waals surface area contributed by atoms with E-state index in [4.69, 9.17) is 18.9 Å². The molecule has 1 heterocycles. The summed E-state index contributed by atoms with van der Waals surface area (Å²) >= 11 is 6.81. The first-order valence-electron chi connectivity index (χ1n) is 11.3. The summed E-state index contributed by atoms with van der Waals surface area (Å²) in [6, 6.07) is 7.26. The molecule has 2 aromatic carbocycles. The van der Waals surface area contributed by atoms with Gasteiger partial charge in [-0.05, 0) is 59.6 Å². The van der Waals surface area contributed by atoms with Crippen LogP contribution in [0.4, 0.5) is 4.79 Å². The summed E-state index contributed by atoms with van der Waals surface area (Å²) in [5, 5.41) is 9.27. The van der Waals surface area contributed by atoms with Crippen LogP contribution >= 0.6 is 31.9 Å². The van der Waals surface area contributed by atoms with E-state index >= 15 is 0 Å². The van der Waals surface area contributed by atoms with Crippen molar-refractivity contribution in [3.05, 3.63) is 61.7 Å². The number of amides is 3. The summed E-state index contributed by atoms with van der Waals surface area (Å²) in [5.41, 5.74) is 4.27. The van der Waals surface area contributed by atoms with Crippen LogP contribution in [0.15, 0.2) is 55.6 Å². The van der Waals surface area contributed by atoms with E-state index in [1.54, 1.807) is 38.1 Å². The molecule has 3 amide bonds. The SMILES string of the molecule is CCOC(=O)C1=C(C)NC(=O)N[C@H]1c1ccc(OCC(=O)N/N=C\c2cc(Br)cc(Br)c2OC)c(OC)c1. The Morgan fingerprint density at radius 1 is 1.13 bits per heavy atom. The van der Waals surface area contributed by atoms with Gasteiger partial charge in [0.15, 0.2) is 18.1 Å². The Labute approximate surface area is 236 Å². The fourth-order valence-corrected chi connectivity index (χ4v) is 5.07. The zero-order valence-electron chi connectivity index (χ0n) is 21.0. The van der Waals surface area contributed by atoms with E-state index in [-0.39, 0.29) is 24.5 Å². The minimum Gasteiger partial charge on any atom is -0.495 e. The molecule has 13 heteroatoms. The molecule has 2 aromatic rings. The van der Waals surface area contributed by atoms with Crippen molar-refractivity contribution in [3.8, 4) is 17.2 Å². The number of nitrogens with zero attached hydrogens (tertiary/aromatic N) is 1. The van der Waals surface area contributed by atoms with Crippen molar-refractivity contribution < 1.29 is 33.3 Å². The average molecular weight is 654 g/mol. The summed E-state index contributed by atoms with van der Waals surface area (Å²) in [6.07, 6.45) is 1.45. The molecule has 0 aromatic heterocycles. The molecule has 1 aliphatic heterocycles. The van der Waals surface area contributed by atoms with Crippen LogP contribution in [-0.2, 0) is 14.3 Å². The third kappa shape index (κ3) is 7.04. The van der Waals surface area contributed by atoms with Crippen molar-refractivity contribution in [1.29, 1.82) is 0 Å². The van der Waals surface area contributed by atoms with E-state index in [0.29, 0.717) is 28.3 Å². The molecule has 0 saturated heterocycles. The second-order valence-electron chi connectivity index (χ2n) is 7.79. The van der Waals surface area contributed by atoms with E-state index in [9.17, 15) is 14.4 Å². The summed E-state index contributed by atoms with van der Waals surface area (Å²) in [6.45, 7) is 3.17. The molecule has 1 aliphatic rings. The molecule has 0 saturated carbocycles. The summed E-state index contributed by atoms with van der Waals surface area (Å²) in [7, 11) is 2.97. The number of carbonyl (C=O) groups is 3. The van der Waals surface area contributed by atoms with Crippen LogP contribution < -0.4 is 30.3 Å². The molecule has 38 heavy (non-hydrogen) atoms. The Morgan fingerprint density at radius 3 is 2.58 bits per heavy atom. The van der Waals surface area contributed by atoms with Crippen LogP contribution in [0.2, 0.25) is 0 Å². The molecule has 0 fully saturated rings. The van der Waals surface area contributed by atoms with E-state index in [0.717, 1.165) is 8.95 Å². The number of halogens is 2. The lowest BCUT2D eigenvalue weighted by atomic mass is 9.95. The molecular formula is C25H26Br2N4O7. The van der Waals surface area contributed by atoms with Gasteiger partial charge in [-0.3, -0.25) is 4.79 Å². The molecular weight excluding hydrogens is 628 g/mol. The zero-order chi connectivity index (χ0) is 27.8. The van der Waals surface area contributed by atoms with Gasteiger partial charge in [0, 0.05) is 15.7 Å². The smallest absolute Gasteiger partial charge is 0.338 e. The van der Waals surface area contributed by atoms with Crippen LogP contribution in [-0.4, -0.2) is 51.6 Å². The molecule has 0 bridgehead atoms. The highest BCUT2D eigenvalue weighted by molar-refractivity contribution is 9.11. The maximum Gasteiger partial charge on any atom is 0.338 e. The highest BCUT2D eigenvalue weighted by atomic mass is 79.9. The largest absolute Gasteiger partial charge is 0.495 e. The van der Waals surface area contributed by atoms with Crippen molar-refractivity contribution >= 4 is 56.0 Å². The van der Waals surface area contributed by atoms with Crippen LogP contribution in [0.5, 0.6) is 17.2 Å². The Bertz CT molecular complexity index is 1300. The van der Waals surface area contributed by atoms with Gasteiger partial charge in [-0.15, -0.1) is 0 Å². The molecule has 3 N–H and O–H groups in total. The van der Waals surface area contributed by atoms with Crippen LogP contribution in [0, 0.1) is 0 Å². The first-order chi connectivity index (χ1) is 18.2. The van der Waals surface area contributed by atoms with Gasteiger partial charge in [-0.1, -0.05) is 22.0 Å². The molecule has 202 valence electrons. The first kappa shape index (κ1) is 29.0. The van der Waals surface area contributed by atoms with Gasteiger partial charge in [0.25, 0.3) is 5.91 Å². The number of benzene rings is 2. The quantitative estimate of drug-likeness (QED) is 0.201. The number of hydrazone groups is 1. The highest BCUT2D eigenvalue weighted by Gasteiger charge is 2.32. The zero-order valence-corrected chi connectivity index (χ0v) is 24.2. The van der Waals surface area contributed by atoms with Crippen molar-refractivity contribution in [2.75, 3.05) is 27.4 Å². The highest BCUT2D eigenvalue weighted by Crippen LogP contribution is 2.35. The van der Waals surface area contributed by atoms with Gasteiger partial charge in [-0.25, -0.2) is 15.0 Å². The number of hydrogen-bond donors (Lipinski definition) is 3. The van der Waals surface area contributed by atoms with Crippen LogP contribution in [0.25, 0.3) is 0 Å². The van der Waals surface area contributed by atoms with E-state index in [1.807, 2.05) is 6.07 Å². The fraction of sp³-hybridized carbons (Fsp3) is 0.280. The topological polar surface area (TPSA) is 137 Å². The predicted molar refractivity (Wildman–Crippen MR) is 146 cm³/mol. The molecule has 11 nitrogen and oxygen atoms in total. The van der Waals surface area contributed by atoms with Gasteiger partial charge >= 0.3 is 12.0 Å². The Hall–Kier alpha value is -3.58. The number of rotatable bonds is 10. The third-order valence-corrected chi connectivity index (χ3v) is 6.33. The summed E-state index contributed by atoms with van der Waals surface area (Å²) < 4.78 is 23.1. The number of ether oxygens (including phenoxy) is 4. The Balaban J connectivity index is 1.70. The molecule has 0 radical (unpaired) electrons. The van der Waals surface area contributed by atoms with E-state index < -0.39 is 23.9 Å². The number of urea groups is 1. The molecule has 1 atom stereocenters. The van der Waals surface area contributed by atoms with Crippen molar-refractivity contribution in [1.82, 2.24) is 16.1 Å². The lowest BCUT2D eigenvalue weighted by Crippen LogP contribution is -2.45. The molecule has 0 unspecified atom stereocenters. The van der Waals surface area contributed by atoms with E-state index in [1.165, 1.54) is 20.4 Å². The maximum atomic E-state index is 12.5. The normalized spacial score (nSPS) is 15.0. The van der Waals surface area contributed by atoms with Crippen molar-refractivity contribution in [2.24, 2.45) is 5.10 Å². The lowest BCUT2D eigenvalue weighted by Gasteiger charge is -2.28. The van der Waals surface area contributed by atoms with Gasteiger partial charge in [0.1, 0.15) is 5.75 Å². The lowest BCUT2D eigenvalue weighted by molar-refractivity contribution is -0.139. The van der Waals surface area contributed by atoms with Gasteiger partial charge in [-0.2, -0.15) is 5.10 Å². The number of esters is 1. The maximum absolute atomic E-state index is 12.5. The number of hydrogen-bond acceptors (Lipinski definition) is 8. The first-order valence-corrected chi connectivity index (χ1v) is 12.9. The van der Waals surface area contributed by atoms with Crippen LogP contribution in [0.3, 0.4) is 0 Å². The number of carbonyl (C=O) groups excluding carboxylic acids is 3. The minimum absolute atomic E-state index is 0.187. The number of nitrogens with one attached hydrogen (secondary N) is 3. The second-order valence-corrected chi connectivity index (χ2v) is 9.56. The molecule has 0 aliphatic carbocycles. The van der Waals surface area contributed by atoms with Crippen molar-refractivity contribution in [2.45, 2.75) is 19.9 Å². The van der Waals surface area contributed by atoms with Crippen LogP contribution in [0.1, 0.15) is 31.0 Å². The average Bonchev–Trinajstić information content (AvgIpc) is 2.86.